The summed E-state index contributed by atoms with van der Waals surface area (Å²) in [5.41, 5.74) is 8.21. The first kappa shape index (κ1) is 21.4. The molecular weight excluding hydrogens is 501 g/mol. The predicted molar refractivity (Wildman–Crippen MR) is 126 cm³/mol. The third-order valence-electron chi connectivity index (χ3n) is 4.67. The summed E-state index contributed by atoms with van der Waals surface area (Å²) in [7, 11) is 1.58. The van der Waals surface area contributed by atoms with Gasteiger partial charge < -0.3 is 9.30 Å². The van der Waals surface area contributed by atoms with Gasteiger partial charge >= 0.3 is 0 Å². The molecule has 0 aliphatic carbocycles. The van der Waals surface area contributed by atoms with E-state index in [-0.39, 0.29) is 5.91 Å². The lowest BCUT2D eigenvalue weighted by Crippen LogP contribution is -2.17. The van der Waals surface area contributed by atoms with Crippen LogP contribution >= 0.6 is 34.2 Å². The number of hydrogen-bond acceptors (Lipinski definition) is 3. The fourth-order valence-electron chi connectivity index (χ4n) is 3.14. The van der Waals surface area contributed by atoms with Crippen molar-refractivity contribution >= 4 is 46.3 Å². The Kier molecular flexibility index (Phi) is 6.64. The van der Waals surface area contributed by atoms with E-state index in [9.17, 15) is 4.79 Å². The van der Waals surface area contributed by atoms with Crippen molar-refractivity contribution < 1.29 is 9.53 Å². The molecule has 150 valence electrons. The van der Waals surface area contributed by atoms with Gasteiger partial charge in [-0.1, -0.05) is 17.7 Å². The molecule has 0 bridgehead atoms. The lowest BCUT2D eigenvalue weighted by Gasteiger charge is -2.13. The molecule has 1 heterocycles. The highest BCUT2D eigenvalue weighted by Crippen LogP contribution is 2.25. The molecule has 0 spiro atoms. The molecule has 0 saturated heterocycles. The van der Waals surface area contributed by atoms with Crippen LogP contribution < -0.4 is 10.2 Å². The monoisotopic (exact) mass is 521 g/mol. The normalized spacial score (nSPS) is 11.1. The lowest BCUT2D eigenvalue weighted by atomic mass is 10.2. The fourth-order valence-corrected chi connectivity index (χ4v) is 3.86. The van der Waals surface area contributed by atoms with Gasteiger partial charge in [-0.05, 0) is 85.3 Å². The molecule has 1 N–H and O–H groups in total. The molecule has 0 unspecified atom stereocenters. The van der Waals surface area contributed by atoms with Crippen molar-refractivity contribution in [2.75, 3.05) is 7.11 Å². The molecule has 0 fully saturated rings. The molecule has 0 aliphatic heterocycles. The SMILES string of the molecule is COc1cc(C(=O)N/N=C\c2cc(C)n(-c3cc(Cl)ccc3C)c2C)ccc1I. The zero-order chi connectivity index (χ0) is 21.1. The van der Waals surface area contributed by atoms with E-state index in [1.165, 1.54) is 0 Å². The third kappa shape index (κ3) is 4.64. The van der Waals surface area contributed by atoms with E-state index in [4.69, 9.17) is 16.3 Å². The number of nitrogens with zero attached hydrogens (tertiary/aromatic N) is 2. The molecule has 0 atom stereocenters. The summed E-state index contributed by atoms with van der Waals surface area (Å²) >= 11 is 8.35. The van der Waals surface area contributed by atoms with Crippen LogP contribution in [0.5, 0.6) is 5.75 Å². The maximum atomic E-state index is 12.4. The standard InChI is InChI=1S/C22H21ClIN3O2/c1-13-5-7-18(23)11-20(13)27-14(2)9-17(15(27)3)12-25-26-22(28)16-6-8-19(24)21(10-16)29-4/h5-12H,1-4H3,(H,26,28)/b25-12-. The van der Waals surface area contributed by atoms with Gasteiger partial charge in [-0.3, -0.25) is 4.79 Å². The Balaban J connectivity index is 1.82. The minimum absolute atomic E-state index is 0.296. The Labute approximate surface area is 188 Å². The molecule has 3 aromatic rings. The van der Waals surface area contributed by atoms with E-state index in [1.807, 2.05) is 51.1 Å². The highest BCUT2D eigenvalue weighted by Gasteiger charge is 2.12. The highest BCUT2D eigenvalue weighted by atomic mass is 127. The van der Waals surface area contributed by atoms with Crippen LogP contribution in [0.15, 0.2) is 47.6 Å². The topological polar surface area (TPSA) is 55.6 Å². The van der Waals surface area contributed by atoms with E-state index < -0.39 is 0 Å². The average molecular weight is 522 g/mol. The number of nitrogens with one attached hydrogen (secondary N) is 1. The third-order valence-corrected chi connectivity index (χ3v) is 5.79. The first-order valence-electron chi connectivity index (χ1n) is 8.94. The van der Waals surface area contributed by atoms with Gasteiger partial charge in [0, 0.05) is 33.2 Å². The summed E-state index contributed by atoms with van der Waals surface area (Å²) in [6, 6.07) is 13.1. The molecule has 7 heteroatoms. The van der Waals surface area contributed by atoms with Gasteiger partial charge in [-0.25, -0.2) is 5.43 Å². The Bertz CT molecular complexity index is 1110. The van der Waals surface area contributed by atoms with Crippen molar-refractivity contribution in [1.82, 2.24) is 9.99 Å². The summed E-state index contributed by atoms with van der Waals surface area (Å²) < 4.78 is 8.34. The molecule has 0 saturated carbocycles. The maximum Gasteiger partial charge on any atom is 0.271 e. The smallest absolute Gasteiger partial charge is 0.271 e. The van der Waals surface area contributed by atoms with Crippen LogP contribution in [0.3, 0.4) is 0 Å². The van der Waals surface area contributed by atoms with Gasteiger partial charge in [-0.2, -0.15) is 5.10 Å². The Morgan fingerprint density at radius 1 is 1.17 bits per heavy atom. The van der Waals surface area contributed by atoms with Crippen LogP contribution in [0.25, 0.3) is 5.69 Å². The van der Waals surface area contributed by atoms with Crippen molar-refractivity contribution in [3.05, 3.63) is 79.1 Å². The number of carbonyl (C=O) groups is 1. The number of amides is 1. The summed E-state index contributed by atoms with van der Waals surface area (Å²) in [5, 5.41) is 4.83. The highest BCUT2D eigenvalue weighted by molar-refractivity contribution is 14.1. The number of rotatable bonds is 5. The number of ether oxygens (including phenoxy) is 1. The number of aryl methyl sites for hydroxylation is 2. The quantitative estimate of drug-likeness (QED) is 0.276. The van der Waals surface area contributed by atoms with Gasteiger partial charge in [0.2, 0.25) is 0 Å². The molecule has 0 radical (unpaired) electrons. The van der Waals surface area contributed by atoms with Crippen LogP contribution in [0, 0.1) is 24.3 Å². The van der Waals surface area contributed by atoms with Crippen LogP contribution in [-0.4, -0.2) is 23.8 Å². The number of hydrogen-bond donors (Lipinski definition) is 1. The molecule has 0 aliphatic rings. The zero-order valence-corrected chi connectivity index (χ0v) is 19.5. The maximum absolute atomic E-state index is 12.4. The first-order chi connectivity index (χ1) is 13.8. The van der Waals surface area contributed by atoms with Crippen molar-refractivity contribution in [3.63, 3.8) is 0 Å². The van der Waals surface area contributed by atoms with Crippen LogP contribution in [-0.2, 0) is 0 Å². The fraction of sp³-hybridized carbons (Fsp3) is 0.182. The van der Waals surface area contributed by atoms with Crippen LogP contribution in [0.1, 0.15) is 32.9 Å². The number of methoxy groups -OCH3 is 1. The van der Waals surface area contributed by atoms with Gasteiger partial charge in [0.1, 0.15) is 5.75 Å². The molecule has 5 nitrogen and oxygen atoms in total. The van der Waals surface area contributed by atoms with E-state index in [1.54, 1.807) is 25.5 Å². The number of carbonyl (C=O) groups excluding carboxylic acids is 1. The minimum Gasteiger partial charge on any atom is -0.496 e. The number of aromatic nitrogens is 1. The predicted octanol–water partition coefficient (Wildman–Crippen LogP) is 5.43. The second kappa shape index (κ2) is 9.00. The van der Waals surface area contributed by atoms with Gasteiger partial charge in [0.15, 0.2) is 0 Å². The van der Waals surface area contributed by atoms with Gasteiger partial charge in [-0.15, -0.1) is 0 Å². The Hall–Kier alpha value is -2.32. The molecule has 1 amide bonds. The van der Waals surface area contributed by atoms with Crippen molar-refractivity contribution in [2.24, 2.45) is 5.10 Å². The van der Waals surface area contributed by atoms with Crippen LogP contribution in [0.4, 0.5) is 0 Å². The van der Waals surface area contributed by atoms with Crippen molar-refractivity contribution in [2.45, 2.75) is 20.8 Å². The van der Waals surface area contributed by atoms with Crippen LogP contribution in [0.2, 0.25) is 5.02 Å². The van der Waals surface area contributed by atoms with E-state index in [0.717, 1.165) is 31.8 Å². The lowest BCUT2D eigenvalue weighted by molar-refractivity contribution is 0.0954. The molecule has 29 heavy (non-hydrogen) atoms. The molecule has 1 aromatic heterocycles. The number of hydrazone groups is 1. The zero-order valence-electron chi connectivity index (χ0n) is 16.6. The Morgan fingerprint density at radius 2 is 1.93 bits per heavy atom. The van der Waals surface area contributed by atoms with Gasteiger partial charge in [0.05, 0.1) is 16.9 Å². The summed E-state index contributed by atoms with van der Waals surface area (Å²) in [6.07, 6.45) is 1.65. The second-order valence-electron chi connectivity index (χ2n) is 6.64. The van der Waals surface area contributed by atoms with E-state index in [0.29, 0.717) is 16.3 Å². The first-order valence-corrected chi connectivity index (χ1v) is 10.4. The largest absolute Gasteiger partial charge is 0.496 e. The van der Waals surface area contributed by atoms with E-state index in [2.05, 4.69) is 37.7 Å². The minimum atomic E-state index is -0.296. The second-order valence-corrected chi connectivity index (χ2v) is 8.24. The van der Waals surface area contributed by atoms with Gasteiger partial charge in [0.25, 0.3) is 5.91 Å². The molecule has 3 rings (SSSR count). The molecular formula is C22H21ClIN3O2. The molecule has 2 aromatic carbocycles. The van der Waals surface area contributed by atoms with Crippen molar-refractivity contribution in [3.8, 4) is 11.4 Å². The van der Waals surface area contributed by atoms with E-state index >= 15 is 0 Å². The van der Waals surface area contributed by atoms with Crippen molar-refractivity contribution in [1.29, 1.82) is 0 Å². The summed E-state index contributed by atoms with van der Waals surface area (Å²) in [6.45, 7) is 6.09. The Morgan fingerprint density at radius 3 is 2.66 bits per heavy atom. The summed E-state index contributed by atoms with van der Waals surface area (Å²) in [5.74, 6) is 0.359. The average Bonchev–Trinajstić information content (AvgIpc) is 2.97. The number of benzene rings is 2. The number of halogens is 2. The summed E-state index contributed by atoms with van der Waals surface area (Å²) in [4.78, 5) is 12.4.